The van der Waals surface area contributed by atoms with E-state index in [2.05, 4.69) is 49.3 Å². The smallest absolute Gasteiger partial charge is 0.183 e. The molecule has 0 saturated heterocycles. The molecule has 5 heteroatoms. The van der Waals surface area contributed by atoms with Crippen LogP contribution in [-0.2, 0) is 24.4 Å². The lowest BCUT2D eigenvalue weighted by Gasteiger charge is -2.10. The van der Waals surface area contributed by atoms with Crippen molar-refractivity contribution in [1.82, 2.24) is 5.32 Å². The molecule has 2 aromatic rings. The molecule has 1 heterocycles. The molecule has 1 N–H and O–H groups in total. The first-order valence-electron chi connectivity index (χ1n) is 6.49. The molecular formula is C15H17Br2NO2. The van der Waals surface area contributed by atoms with Crippen molar-refractivity contribution in [3.63, 3.8) is 0 Å². The van der Waals surface area contributed by atoms with Gasteiger partial charge in [-0.2, -0.15) is 0 Å². The molecule has 1 aromatic heterocycles. The van der Waals surface area contributed by atoms with Crippen LogP contribution in [0.15, 0.2) is 43.9 Å². The molecule has 0 radical (unpaired) electrons. The highest BCUT2D eigenvalue weighted by atomic mass is 79.9. The molecular weight excluding hydrogens is 386 g/mol. The van der Waals surface area contributed by atoms with Crippen LogP contribution in [-0.4, -0.2) is 6.61 Å². The van der Waals surface area contributed by atoms with Crippen LogP contribution in [0.5, 0.6) is 0 Å². The van der Waals surface area contributed by atoms with Crippen molar-refractivity contribution in [2.45, 2.75) is 26.6 Å². The zero-order valence-corrected chi connectivity index (χ0v) is 14.5. The third-order valence-electron chi connectivity index (χ3n) is 2.89. The average molecular weight is 403 g/mol. The van der Waals surface area contributed by atoms with E-state index in [-0.39, 0.29) is 0 Å². The molecule has 108 valence electrons. The minimum atomic E-state index is 0.659. The first kappa shape index (κ1) is 15.8. The maximum Gasteiger partial charge on any atom is 0.183 e. The Kier molecular flexibility index (Phi) is 6.29. The summed E-state index contributed by atoms with van der Waals surface area (Å²) in [7, 11) is 0. The lowest BCUT2D eigenvalue weighted by molar-refractivity contribution is 0.133. The number of hydrogen-bond donors (Lipinski definition) is 1. The normalized spacial score (nSPS) is 10.9. The Labute approximate surface area is 136 Å². The van der Waals surface area contributed by atoms with Crippen molar-refractivity contribution in [3.8, 4) is 0 Å². The van der Waals surface area contributed by atoms with E-state index in [1.807, 2.05) is 25.1 Å². The molecule has 0 spiro atoms. The van der Waals surface area contributed by atoms with Crippen molar-refractivity contribution in [2.75, 3.05) is 6.61 Å². The summed E-state index contributed by atoms with van der Waals surface area (Å²) in [5.41, 5.74) is 2.48. The van der Waals surface area contributed by atoms with Gasteiger partial charge in [-0.1, -0.05) is 24.3 Å². The van der Waals surface area contributed by atoms with Gasteiger partial charge in [0.25, 0.3) is 0 Å². The predicted molar refractivity (Wildman–Crippen MR) is 86.4 cm³/mol. The second-order valence-corrected chi connectivity index (χ2v) is 5.92. The topological polar surface area (TPSA) is 34.4 Å². The Hall–Kier alpha value is -0.620. The fraction of sp³-hybridized carbons (Fsp3) is 0.333. The molecule has 0 aliphatic carbocycles. The van der Waals surface area contributed by atoms with Gasteiger partial charge in [0.05, 0.1) is 17.6 Å². The third-order valence-corrected chi connectivity index (χ3v) is 4.60. The number of hydrogen-bond acceptors (Lipinski definition) is 3. The first-order chi connectivity index (χ1) is 9.70. The van der Waals surface area contributed by atoms with Crippen LogP contribution >= 0.6 is 31.9 Å². The molecule has 1 aromatic carbocycles. The van der Waals surface area contributed by atoms with Gasteiger partial charge in [-0.05, 0) is 56.0 Å². The van der Waals surface area contributed by atoms with E-state index in [9.17, 15) is 0 Å². The Morgan fingerprint density at radius 1 is 1.15 bits per heavy atom. The summed E-state index contributed by atoms with van der Waals surface area (Å²) < 4.78 is 12.7. The summed E-state index contributed by atoms with van der Waals surface area (Å²) in [5, 5.41) is 3.38. The minimum Gasteiger partial charge on any atom is -0.452 e. The number of rotatable bonds is 7. The fourth-order valence-corrected chi connectivity index (χ4v) is 2.54. The SMILES string of the molecule is CCOCc1ccccc1CNCc1cc(Br)c(Br)o1. The van der Waals surface area contributed by atoms with Crippen molar-refractivity contribution >= 4 is 31.9 Å². The summed E-state index contributed by atoms with van der Waals surface area (Å²) >= 11 is 6.74. The number of ether oxygens (including phenoxy) is 1. The quantitative estimate of drug-likeness (QED) is 0.732. The summed E-state index contributed by atoms with van der Waals surface area (Å²) in [4.78, 5) is 0. The van der Waals surface area contributed by atoms with E-state index >= 15 is 0 Å². The Morgan fingerprint density at radius 3 is 2.55 bits per heavy atom. The molecule has 3 nitrogen and oxygen atoms in total. The second kappa shape index (κ2) is 7.98. The maximum atomic E-state index is 5.53. The largest absolute Gasteiger partial charge is 0.452 e. The fourth-order valence-electron chi connectivity index (χ4n) is 1.88. The van der Waals surface area contributed by atoms with Gasteiger partial charge >= 0.3 is 0 Å². The third kappa shape index (κ3) is 4.45. The van der Waals surface area contributed by atoms with Gasteiger partial charge in [-0.25, -0.2) is 0 Å². The van der Waals surface area contributed by atoms with Crippen LogP contribution in [0.1, 0.15) is 23.8 Å². The van der Waals surface area contributed by atoms with Crippen LogP contribution in [0.4, 0.5) is 0 Å². The van der Waals surface area contributed by atoms with E-state index in [1.165, 1.54) is 11.1 Å². The predicted octanol–water partition coefficient (Wildman–Crippen LogP) is 4.63. The zero-order chi connectivity index (χ0) is 14.4. The van der Waals surface area contributed by atoms with Gasteiger partial charge in [0.1, 0.15) is 5.76 Å². The summed E-state index contributed by atoms with van der Waals surface area (Å²) in [5.74, 6) is 0.894. The van der Waals surface area contributed by atoms with Crippen molar-refractivity contribution in [3.05, 3.63) is 56.4 Å². The number of benzene rings is 1. The lowest BCUT2D eigenvalue weighted by Crippen LogP contribution is -2.13. The highest BCUT2D eigenvalue weighted by Gasteiger charge is 2.06. The Bertz CT molecular complexity index is 535. The highest BCUT2D eigenvalue weighted by Crippen LogP contribution is 2.26. The molecule has 0 fully saturated rings. The number of furan rings is 1. The minimum absolute atomic E-state index is 0.659. The van der Waals surface area contributed by atoms with Gasteiger partial charge in [-0.15, -0.1) is 0 Å². The monoisotopic (exact) mass is 401 g/mol. The molecule has 0 atom stereocenters. The molecule has 0 aliphatic rings. The van der Waals surface area contributed by atoms with Crippen molar-refractivity contribution in [1.29, 1.82) is 0 Å². The number of nitrogens with one attached hydrogen (secondary N) is 1. The molecule has 0 aliphatic heterocycles. The zero-order valence-electron chi connectivity index (χ0n) is 11.3. The lowest BCUT2D eigenvalue weighted by atomic mass is 10.1. The molecule has 0 amide bonds. The Morgan fingerprint density at radius 2 is 1.90 bits per heavy atom. The van der Waals surface area contributed by atoms with E-state index in [1.54, 1.807) is 0 Å². The molecule has 0 unspecified atom stereocenters. The van der Waals surface area contributed by atoms with E-state index in [0.29, 0.717) is 13.2 Å². The van der Waals surface area contributed by atoms with Gasteiger partial charge in [0.15, 0.2) is 4.67 Å². The van der Waals surface area contributed by atoms with Gasteiger partial charge in [0, 0.05) is 13.2 Å². The molecule has 0 saturated carbocycles. The summed E-state index contributed by atoms with van der Waals surface area (Å²) in [6.07, 6.45) is 0. The van der Waals surface area contributed by atoms with Crippen molar-refractivity contribution < 1.29 is 9.15 Å². The van der Waals surface area contributed by atoms with Crippen LogP contribution in [0.25, 0.3) is 0 Å². The molecule has 2 rings (SSSR count). The Balaban J connectivity index is 1.90. The van der Waals surface area contributed by atoms with Crippen LogP contribution < -0.4 is 5.32 Å². The average Bonchev–Trinajstić information content (AvgIpc) is 2.76. The maximum absolute atomic E-state index is 5.53. The van der Waals surface area contributed by atoms with Crippen LogP contribution in [0.3, 0.4) is 0 Å². The van der Waals surface area contributed by atoms with Gasteiger partial charge < -0.3 is 14.5 Å². The van der Waals surface area contributed by atoms with Crippen molar-refractivity contribution in [2.24, 2.45) is 0 Å². The first-order valence-corrected chi connectivity index (χ1v) is 8.08. The highest BCUT2D eigenvalue weighted by molar-refractivity contribution is 9.13. The molecule has 20 heavy (non-hydrogen) atoms. The van der Waals surface area contributed by atoms with E-state index < -0.39 is 0 Å². The van der Waals surface area contributed by atoms with Crippen LogP contribution in [0.2, 0.25) is 0 Å². The summed E-state index contributed by atoms with van der Waals surface area (Å²) in [6, 6.07) is 10.3. The second-order valence-electron chi connectivity index (χ2n) is 4.34. The van der Waals surface area contributed by atoms with E-state index in [4.69, 9.17) is 9.15 Å². The van der Waals surface area contributed by atoms with Gasteiger partial charge in [-0.3, -0.25) is 0 Å². The van der Waals surface area contributed by atoms with E-state index in [0.717, 1.165) is 28.1 Å². The van der Waals surface area contributed by atoms with Crippen LogP contribution in [0, 0.1) is 0 Å². The van der Waals surface area contributed by atoms with Gasteiger partial charge in [0.2, 0.25) is 0 Å². The number of halogens is 2. The standard InChI is InChI=1S/C15H17Br2NO2/c1-2-19-10-12-6-4-3-5-11(12)8-18-9-13-7-14(16)15(17)20-13/h3-7,18H,2,8-10H2,1H3. The molecule has 0 bridgehead atoms. The summed E-state index contributed by atoms with van der Waals surface area (Å²) in [6.45, 7) is 4.88.